The van der Waals surface area contributed by atoms with Crippen LogP contribution in [0.25, 0.3) is 0 Å². The van der Waals surface area contributed by atoms with Crippen molar-refractivity contribution in [1.29, 1.82) is 0 Å². The molecule has 0 saturated carbocycles. The highest BCUT2D eigenvalue weighted by Gasteiger charge is 2.37. The van der Waals surface area contributed by atoms with E-state index in [9.17, 15) is 14.6 Å². The maximum absolute atomic E-state index is 12.4. The summed E-state index contributed by atoms with van der Waals surface area (Å²) in [4.78, 5) is 24.5. The van der Waals surface area contributed by atoms with Gasteiger partial charge in [0.15, 0.2) is 0 Å². The first-order valence-electron chi connectivity index (χ1n) is 10.1. The van der Waals surface area contributed by atoms with Crippen LogP contribution in [0.5, 0.6) is 5.75 Å². The minimum absolute atomic E-state index is 0.147. The van der Waals surface area contributed by atoms with Gasteiger partial charge in [0.1, 0.15) is 17.1 Å². The molecule has 1 N–H and O–H groups in total. The van der Waals surface area contributed by atoms with Crippen molar-refractivity contribution >= 4 is 18.9 Å². The first kappa shape index (κ1) is 21.5. The zero-order chi connectivity index (χ0) is 19.8. The summed E-state index contributed by atoms with van der Waals surface area (Å²) < 4.78 is 11.0. The average molecular weight is 374 g/mol. The summed E-state index contributed by atoms with van der Waals surface area (Å²) in [5.74, 6) is 0.396. The Labute approximate surface area is 162 Å². The van der Waals surface area contributed by atoms with Gasteiger partial charge in [-0.25, -0.2) is 4.79 Å². The van der Waals surface area contributed by atoms with E-state index in [4.69, 9.17) is 9.39 Å². The second-order valence-electron chi connectivity index (χ2n) is 7.78. The molecule has 2 rings (SSSR count). The molecule has 0 spiro atoms. The Balaban J connectivity index is 2.00. The van der Waals surface area contributed by atoms with E-state index in [2.05, 4.69) is 13.8 Å². The van der Waals surface area contributed by atoms with Crippen molar-refractivity contribution in [1.82, 2.24) is 0 Å². The van der Waals surface area contributed by atoms with Gasteiger partial charge in [0.05, 0.1) is 6.61 Å². The van der Waals surface area contributed by atoms with Gasteiger partial charge < -0.3 is 14.4 Å². The molecule has 0 unspecified atom stereocenters. The molecule has 0 fully saturated rings. The standard InChI is InChI=1S/C21H31BO5/c1-4-5-10-18(23)14-17-13-16-9-6-11-19(20(16)27-22(17)25)21(24)26-12-7-8-15(2)3/h6,9,11,15,17,25H,4-5,7-8,10,12-14H2,1-3H3/t17-/m1/s1. The molecule has 1 heterocycles. The Hall–Kier alpha value is -1.82. The number of esters is 1. The number of carbonyl (C=O) groups is 2. The molecule has 0 saturated heterocycles. The summed E-state index contributed by atoms with van der Waals surface area (Å²) in [5.41, 5.74) is 1.18. The van der Waals surface area contributed by atoms with Crippen LogP contribution in [0.1, 0.15) is 75.2 Å². The molecule has 0 aliphatic carbocycles. The van der Waals surface area contributed by atoms with Crippen LogP contribution in [0.4, 0.5) is 0 Å². The van der Waals surface area contributed by atoms with Crippen LogP contribution in [0, 0.1) is 5.92 Å². The Morgan fingerprint density at radius 1 is 1.33 bits per heavy atom. The lowest BCUT2D eigenvalue weighted by atomic mass is 9.64. The largest absolute Gasteiger partial charge is 0.535 e. The number of ether oxygens (including phenoxy) is 1. The van der Waals surface area contributed by atoms with Crippen LogP contribution < -0.4 is 4.65 Å². The number of hydrogen-bond acceptors (Lipinski definition) is 5. The van der Waals surface area contributed by atoms with Crippen LogP contribution in [-0.4, -0.2) is 30.5 Å². The lowest BCUT2D eigenvalue weighted by Gasteiger charge is -2.28. The second kappa shape index (κ2) is 10.5. The van der Waals surface area contributed by atoms with Crippen LogP contribution >= 0.6 is 0 Å². The summed E-state index contributed by atoms with van der Waals surface area (Å²) in [6, 6.07) is 5.32. The number of benzene rings is 1. The monoisotopic (exact) mass is 374 g/mol. The molecule has 0 aromatic heterocycles. The van der Waals surface area contributed by atoms with Crippen LogP contribution in [-0.2, 0) is 16.0 Å². The van der Waals surface area contributed by atoms with Gasteiger partial charge in [0.25, 0.3) is 0 Å². The zero-order valence-corrected chi connectivity index (χ0v) is 16.7. The van der Waals surface area contributed by atoms with Crippen molar-refractivity contribution in [3.63, 3.8) is 0 Å². The fourth-order valence-corrected chi connectivity index (χ4v) is 3.32. The number of carbonyl (C=O) groups excluding carboxylic acids is 2. The maximum atomic E-state index is 12.4. The van der Waals surface area contributed by atoms with Crippen LogP contribution in [0.3, 0.4) is 0 Å². The number of hydrogen-bond donors (Lipinski definition) is 1. The number of ketones is 1. The molecular formula is C21H31BO5. The molecule has 5 nitrogen and oxygen atoms in total. The summed E-state index contributed by atoms with van der Waals surface area (Å²) in [6.45, 7) is 6.69. The first-order chi connectivity index (χ1) is 12.9. The van der Waals surface area contributed by atoms with Gasteiger partial charge in [-0.15, -0.1) is 0 Å². The number of para-hydroxylation sites is 1. The molecule has 1 atom stereocenters. The lowest BCUT2D eigenvalue weighted by molar-refractivity contribution is -0.119. The molecule has 6 heteroatoms. The average Bonchev–Trinajstić information content (AvgIpc) is 2.63. The van der Waals surface area contributed by atoms with E-state index in [1.165, 1.54) is 0 Å². The van der Waals surface area contributed by atoms with Crippen molar-refractivity contribution in [2.24, 2.45) is 5.92 Å². The number of unbranched alkanes of at least 4 members (excludes halogenated alkanes) is 1. The quantitative estimate of drug-likeness (QED) is 0.377. The number of Topliss-reactive ketones (excluding diaryl/α,β-unsaturated/α-hetero) is 1. The molecule has 0 amide bonds. The van der Waals surface area contributed by atoms with Gasteiger partial charge in [-0.3, -0.25) is 4.79 Å². The van der Waals surface area contributed by atoms with Gasteiger partial charge in [-0.05, 0) is 43.2 Å². The van der Waals surface area contributed by atoms with Gasteiger partial charge in [-0.2, -0.15) is 0 Å². The van der Waals surface area contributed by atoms with Crippen molar-refractivity contribution in [2.75, 3.05) is 6.61 Å². The van der Waals surface area contributed by atoms with E-state index < -0.39 is 13.1 Å². The second-order valence-corrected chi connectivity index (χ2v) is 7.78. The van der Waals surface area contributed by atoms with Gasteiger partial charge >= 0.3 is 13.1 Å². The van der Waals surface area contributed by atoms with E-state index in [0.29, 0.717) is 43.1 Å². The molecule has 27 heavy (non-hydrogen) atoms. The minimum Gasteiger partial charge on any atom is -0.535 e. The van der Waals surface area contributed by atoms with Gasteiger partial charge in [0, 0.05) is 18.7 Å². The SMILES string of the molecule is CCCCC(=O)C[C@H]1Cc2cccc(C(=O)OCCCC(C)C)c2OB1O. The minimum atomic E-state index is -1.09. The Morgan fingerprint density at radius 2 is 2.11 bits per heavy atom. The van der Waals surface area contributed by atoms with Crippen LogP contribution in [0.2, 0.25) is 5.82 Å². The summed E-state index contributed by atoms with van der Waals surface area (Å²) in [7, 11) is -1.09. The molecule has 148 valence electrons. The first-order valence-corrected chi connectivity index (χ1v) is 10.1. The van der Waals surface area contributed by atoms with Crippen molar-refractivity contribution < 1.29 is 24.0 Å². The third kappa shape index (κ3) is 6.38. The molecule has 1 aromatic carbocycles. The Bertz CT molecular complexity index is 643. The third-order valence-corrected chi connectivity index (χ3v) is 4.90. The smallest absolute Gasteiger partial charge is 0.526 e. The fourth-order valence-electron chi connectivity index (χ4n) is 3.32. The van der Waals surface area contributed by atoms with E-state index in [1.54, 1.807) is 12.1 Å². The molecule has 1 aliphatic heterocycles. The predicted octanol–water partition coefficient (Wildman–Crippen LogP) is 4.21. The van der Waals surface area contributed by atoms with Crippen molar-refractivity contribution in [3.05, 3.63) is 29.3 Å². The van der Waals surface area contributed by atoms with Gasteiger partial charge in [-0.1, -0.05) is 39.3 Å². The number of rotatable bonds is 10. The lowest BCUT2D eigenvalue weighted by Crippen LogP contribution is -2.36. The van der Waals surface area contributed by atoms with Crippen LogP contribution in [0.15, 0.2) is 18.2 Å². The highest BCUT2D eigenvalue weighted by atomic mass is 16.5. The van der Waals surface area contributed by atoms with E-state index in [-0.39, 0.29) is 11.6 Å². The molecular weight excluding hydrogens is 343 g/mol. The fraction of sp³-hybridized carbons (Fsp3) is 0.619. The van der Waals surface area contributed by atoms with E-state index >= 15 is 0 Å². The van der Waals surface area contributed by atoms with E-state index in [1.807, 2.05) is 13.0 Å². The van der Waals surface area contributed by atoms with Gasteiger partial charge in [0.2, 0.25) is 0 Å². The van der Waals surface area contributed by atoms with Crippen molar-refractivity contribution in [2.45, 2.75) is 71.5 Å². The zero-order valence-electron chi connectivity index (χ0n) is 16.7. The molecule has 0 bridgehead atoms. The Kier molecular flexibility index (Phi) is 8.36. The molecule has 1 aliphatic rings. The maximum Gasteiger partial charge on any atom is 0.526 e. The Morgan fingerprint density at radius 3 is 2.81 bits per heavy atom. The summed E-state index contributed by atoms with van der Waals surface area (Å²) >= 11 is 0. The summed E-state index contributed by atoms with van der Waals surface area (Å²) in [6.07, 6.45) is 5.02. The normalized spacial score (nSPS) is 16.0. The van der Waals surface area contributed by atoms with E-state index in [0.717, 1.165) is 31.2 Å². The topological polar surface area (TPSA) is 72.8 Å². The number of fused-ring (bicyclic) bond motifs is 1. The predicted molar refractivity (Wildman–Crippen MR) is 106 cm³/mol. The third-order valence-electron chi connectivity index (χ3n) is 4.90. The molecule has 1 aromatic rings. The molecule has 0 radical (unpaired) electrons. The summed E-state index contributed by atoms with van der Waals surface area (Å²) in [5, 5.41) is 10.3. The highest BCUT2D eigenvalue weighted by Crippen LogP contribution is 2.36. The van der Waals surface area contributed by atoms with Crippen molar-refractivity contribution in [3.8, 4) is 5.75 Å². The highest BCUT2D eigenvalue weighted by molar-refractivity contribution is 6.47.